The number of rotatable bonds is 5. The van der Waals surface area contributed by atoms with E-state index in [1.54, 1.807) is 17.6 Å². The highest BCUT2D eigenvalue weighted by Crippen LogP contribution is 2.35. The van der Waals surface area contributed by atoms with Crippen molar-refractivity contribution < 1.29 is 4.79 Å². The fourth-order valence-electron chi connectivity index (χ4n) is 3.69. The van der Waals surface area contributed by atoms with Gasteiger partial charge in [-0.25, -0.2) is 10.4 Å². The topological polar surface area (TPSA) is 76.3 Å². The van der Waals surface area contributed by atoms with Gasteiger partial charge in [0.15, 0.2) is 0 Å². The van der Waals surface area contributed by atoms with Crippen LogP contribution in [0.1, 0.15) is 41.8 Å². The van der Waals surface area contributed by atoms with Gasteiger partial charge in [0.05, 0.1) is 17.9 Å². The van der Waals surface area contributed by atoms with Crippen molar-refractivity contribution in [2.24, 2.45) is 11.0 Å². The molecule has 0 bridgehead atoms. The number of fused-ring (bicyclic) bond motifs is 3. The summed E-state index contributed by atoms with van der Waals surface area (Å²) in [5.41, 5.74) is 5.63. The molecule has 0 saturated heterocycles. The van der Waals surface area contributed by atoms with E-state index in [1.807, 2.05) is 24.3 Å². The summed E-state index contributed by atoms with van der Waals surface area (Å²) in [7, 11) is 0. The molecule has 1 aromatic carbocycles. The van der Waals surface area contributed by atoms with Crippen LogP contribution in [-0.2, 0) is 30.6 Å². The van der Waals surface area contributed by atoms with Gasteiger partial charge < -0.3 is 0 Å². The average Bonchev–Trinajstić information content (AvgIpc) is 3.09. The van der Waals surface area contributed by atoms with Crippen LogP contribution in [0, 0.1) is 5.92 Å². The van der Waals surface area contributed by atoms with Gasteiger partial charge in [0, 0.05) is 4.88 Å². The summed E-state index contributed by atoms with van der Waals surface area (Å²) < 4.78 is 1.37. The number of hydrogen-bond acceptors (Lipinski definition) is 5. The van der Waals surface area contributed by atoms with Crippen molar-refractivity contribution in [3.63, 3.8) is 0 Å². The number of hydrazone groups is 1. The molecule has 1 atom stereocenters. The molecule has 0 aliphatic heterocycles. The molecule has 7 heteroatoms. The maximum Gasteiger partial charge on any atom is 0.262 e. The lowest BCUT2D eigenvalue weighted by Crippen LogP contribution is -2.30. The van der Waals surface area contributed by atoms with Gasteiger partial charge >= 0.3 is 0 Å². The summed E-state index contributed by atoms with van der Waals surface area (Å²) in [5.74, 6) is 0.284. The number of benzene rings is 1. The predicted molar refractivity (Wildman–Crippen MR) is 117 cm³/mol. The third-order valence-corrected chi connectivity index (χ3v) is 6.55. The number of aryl methyl sites for hydroxylation is 2. The van der Waals surface area contributed by atoms with Crippen molar-refractivity contribution in [2.45, 2.75) is 46.1 Å². The summed E-state index contributed by atoms with van der Waals surface area (Å²) in [6.07, 6.45) is 7.03. The highest BCUT2D eigenvalue weighted by atomic mass is 32.1. The first kappa shape index (κ1) is 19.5. The lowest BCUT2D eigenvalue weighted by molar-refractivity contribution is -0.121. The quantitative estimate of drug-likeness (QED) is 0.520. The van der Waals surface area contributed by atoms with E-state index in [0.717, 1.165) is 41.6 Å². The first-order chi connectivity index (χ1) is 14.0. The van der Waals surface area contributed by atoms with E-state index in [1.165, 1.54) is 21.3 Å². The second-order valence-electron chi connectivity index (χ2n) is 7.60. The molecule has 1 aliphatic rings. The van der Waals surface area contributed by atoms with Crippen LogP contribution in [0.15, 0.2) is 40.5 Å². The molecule has 150 valence electrons. The van der Waals surface area contributed by atoms with Crippen LogP contribution in [0.2, 0.25) is 0 Å². The normalized spacial score (nSPS) is 16.3. The molecule has 6 nitrogen and oxygen atoms in total. The molecule has 1 N–H and O–H groups in total. The number of amides is 1. The van der Waals surface area contributed by atoms with E-state index in [-0.39, 0.29) is 18.0 Å². The fourth-order valence-corrected chi connectivity index (χ4v) is 5.03. The highest BCUT2D eigenvalue weighted by Gasteiger charge is 2.23. The van der Waals surface area contributed by atoms with Gasteiger partial charge in [-0.2, -0.15) is 5.10 Å². The largest absolute Gasteiger partial charge is 0.289 e. The maximum absolute atomic E-state index is 12.9. The Labute approximate surface area is 173 Å². The molecule has 0 spiro atoms. The van der Waals surface area contributed by atoms with E-state index >= 15 is 0 Å². The number of carbonyl (C=O) groups excluding carboxylic acids is 1. The second kappa shape index (κ2) is 8.29. The molecule has 4 rings (SSSR count). The summed E-state index contributed by atoms with van der Waals surface area (Å²) in [4.78, 5) is 31.7. The van der Waals surface area contributed by atoms with Gasteiger partial charge in [-0.3, -0.25) is 14.2 Å². The van der Waals surface area contributed by atoms with E-state index < -0.39 is 0 Å². The molecule has 1 aliphatic carbocycles. The minimum atomic E-state index is -0.354. The van der Waals surface area contributed by atoms with Crippen LogP contribution >= 0.6 is 11.3 Å². The second-order valence-corrected chi connectivity index (χ2v) is 8.68. The van der Waals surface area contributed by atoms with E-state index in [2.05, 4.69) is 29.4 Å². The average molecular weight is 409 g/mol. The Bertz CT molecular complexity index is 1130. The summed E-state index contributed by atoms with van der Waals surface area (Å²) in [6, 6.07) is 7.98. The van der Waals surface area contributed by atoms with Crippen LogP contribution in [-0.4, -0.2) is 21.7 Å². The number of hydrogen-bond donors (Lipinski definition) is 1. The van der Waals surface area contributed by atoms with Gasteiger partial charge in [0.25, 0.3) is 11.5 Å². The van der Waals surface area contributed by atoms with E-state index in [9.17, 15) is 9.59 Å². The van der Waals surface area contributed by atoms with Gasteiger partial charge in [-0.1, -0.05) is 38.1 Å². The number of nitrogens with one attached hydrogen (secondary N) is 1. The SMILES string of the molecule is CCc1ccc(C=NNC(=O)Cn2cnc3sc4c(c3c2=O)CC[C@H](C)C4)cc1. The Hall–Kier alpha value is -2.80. The molecule has 0 saturated carbocycles. The number of thiophene rings is 1. The minimum absolute atomic E-state index is 0.102. The van der Waals surface area contributed by atoms with Crippen LogP contribution in [0.4, 0.5) is 0 Å². The smallest absolute Gasteiger partial charge is 0.262 e. The number of carbonyl (C=O) groups is 1. The molecule has 3 aromatic rings. The third kappa shape index (κ3) is 4.15. The molecule has 2 heterocycles. The molecule has 2 aromatic heterocycles. The Morgan fingerprint density at radius 3 is 2.93 bits per heavy atom. The van der Waals surface area contributed by atoms with E-state index in [0.29, 0.717) is 11.3 Å². The zero-order valence-corrected chi connectivity index (χ0v) is 17.5. The molecule has 29 heavy (non-hydrogen) atoms. The molecule has 1 amide bonds. The van der Waals surface area contributed by atoms with Crippen molar-refractivity contribution in [3.8, 4) is 0 Å². The molecule has 0 unspecified atom stereocenters. The van der Waals surface area contributed by atoms with Crippen LogP contribution in [0.25, 0.3) is 10.2 Å². The van der Waals surface area contributed by atoms with Gasteiger partial charge in [0.1, 0.15) is 11.4 Å². The van der Waals surface area contributed by atoms with Gasteiger partial charge in [0.2, 0.25) is 0 Å². The number of nitrogens with zero attached hydrogens (tertiary/aromatic N) is 3. The lowest BCUT2D eigenvalue weighted by Gasteiger charge is -2.17. The van der Waals surface area contributed by atoms with Gasteiger partial charge in [-0.15, -0.1) is 11.3 Å². The van der Waals surface area contributed by atoms with Crippen molar-refractivity contribution in [1.29, 1.82) is 0 Å². The number of aromatic nitrogens is 2. The summed E-state index contributed by atoms with van der Waals surface area (Å²) in [6.45, 7) is 4.24. The molecular formula is C22H24N4O2S. The Kier molecular flexibility index (Phi) is 5.58. The van der Waals surface area contributed by atoms with Crippen LogP contribution in [0.5, 0.6) is 0 Å². The Morgan fingerprint density at radius 1 is 1.38 bits per heavy atom. The Morgan fingerprint density at radius 2 is 2.17 bits per heavy atom. The standard InChI is InChI=1S/C22H24N4O2S/c1-3-15-5-7-16(8-6-15)11-24-25-19(27)12-26-13-23-21-20(22(26)28)17-9-4-14(2)10-18(17)29-21/h5-8,11,13-14H,3-4,9-10,12H2,1-2H3,(H,25,27)/t14-/m0/s1. The zero-order valence-electron chi connectivity index (χ0n) is 16.6. The predicted octanol–water partition coefficient (Wildman–Crippen LogP) is 3.30. The maximum atomic E-state index is 12.9. The van der Waals surface area contributed by atoms with Crippen molar-refractivity contribution in [1.82, 2.24) is 15.0 Å². The first-order valence-electron chi connectivity index (χ1n) is 9.95. The first-order valence-corrected chi connectivity index (χ1v) is 10.8. The zero-order chi connectivity index (χ0) is 20.4. The molecule has 0 radical (unpaired) electrons. The molecular weight excluding hydrogens is 384 g/mol. The van der Waals surface area contributed by atoms with Gasteiger partial charge in [-0.05, 0) is 48.3 Å². The third-order valence-electron chi connectivity index (χ3n) is 5.39. The van der Waals surface area contributed by atoms with Crippen molar-refractivity contribution >= 4 is 33.7 Å². The van der Waals surface area contributed by atoms with Crippen molar-refractivity contribution in [3.05, 3.63) is 62.5 Å². The monoisotopic (exact) mass is 408 g/mol. The van der Waals surface area contributed by atoms with Crippen LogP contribution < -0.4 is 11.0 Å². The minimum Gasteiger partial charge on any atom is -0.289 e. The van der Waals surface area contributed by atoms with E-state index in [4.69, 9.17) is 0 Å². The van der Waals surface area contributed by atoms with Crippen molar-refractivity contribution in [2.75, 3.05) is 0 Å². The van der Waals surface area contributed by atoms with Crippen LogP contribution in [0.3, 0.4) is 0 Å². The Balaban J connectivity index is 1.47. The fraction of sp³-hybridized carbons (Fsp3) is 0.364. The lowest BCUT2D eigenvalue weighted by atomic mass is 9.89. The summed E-state index contributed by atoms with van der Waals surface area (Å²) >= 11 is 1.61. The molecule has 0 fully saturated rings. The highest BCUT2D eigenvalue weighted by molar-refractivity contribution is 7.18. The summed E-state index contributed by atoms with van der Waals surface area (Å²) in [5, 5.41) is 4.68.